The Morgan fingerprint density at radius 1 is 1.03 bits per heavy atom. The van der Waals surface area contributed by atoms with E-state index in [1.807, 2.05) is 13.8 Å². The van der Waals surface area contributed by atoms with Crippen molar-refractivity contribution in [3.05, 3.63) is 52.9 Å². The topological polar surface area (TPSA) is 104 Å². The van der Waals surface area contributed by atoms with E-state index in [9.17, 15) is 22.8 Å². The molecular weight excluding hydrogens is 450 g/mol. The van der Waals surface area contributed by atoms with Crippen LogP contribution in [-0.4, -0.2) is 61.1 Å². The number of imide groups is 1. The maximum absolute atomic E-state index is 13.4. The van der Waals surface area contributed by atoms with Crippen molar-refractivity contribution >= 4 is 39.1 Å². The van der Waals surface area contributed by atoms with E-state index in [2.05, 4.69) is 4.72 Å². The van der Waals surface area contributed by atoms with Crippen LogP contribution in [0.5, 0.6) is 0 Å². The van der Waals surface area contributed by atoms with E-state index >= 15 is 0 Å². The number of likely N-dealkylation sites (tertiary alicyclic amines) is 1. The molecule has 1 aromatic carbocycles. The van der Waals surface area contributed by atoms with E-state index < -0.39 is 27.9 Å². The van der Waals surface area contributed by atoms with Crippen LogP contribution in [0.2, 0.25) is 0 Å². The van der Waals surface area contributed by atoms with Crippen LogP contribution in [-0.2, 0) is 14.8 Å². The molecule has 0 spiro atoms. The van der Waals surface area contributed by atoms with E-state index in [1.54, 1.807) is 46.7 Å². The fourth-order valence-electron chi connectivity index (χ4n) is 4.25. The first-order chi connectivity index (χ1) is 15.2. The molecule has 0 aliphatic carbocycles. The van der Waals surface area contributed by atoms with Gasteiger partial charge in [0.15, 0.2) is 0 Å². The highest BCUT2D eigenvalue weighted by molar-refractivity contribution is 7.91. The lowest BCUT2D eigenvalue weighted by molar-refractivity contribution is -0.138. The molecule has 2 aliphatic rings. The molecule has 1 fully saturated rings. The molecule has 1 saturated heterocycles. The molecule has 2 aromatic rings. The number of carbonyl (C=O) groups excluding carboxylic acids is 3. The van der Waals surface area contributed by atoms with Gasteiger partial charge in [-0.15, -0.1) is 11.3 Å². The Balaban J connectivity index is 1.45. The first kappa shape index (κ1) is 22.6. The fraction of sp³-hybridized carbons (Fsp3) is 0.409. The number of benzene rings is 1. The molecule has 8 nitrogen and oxygen atoms in total. The number of hydrogen-bond acceptors (Lipinski definition) is 6. The number of rotatable bonds is 6. The Morgan fingerprint density at radius 3 is 2.12 bits per heavy atom. The Labute approximate surface area is 191 Å². The van der Waals surface area contributed by atoms with Crippen LogP contribution in [0.4, 0.5) is 0 Å². The highest BCUT2D eigenvalue weighted by Crippen LogP contribution is 2.29. The minimum Gasteiger partial charge on any atom is -0.341 e. The molecule has 32 heavy (non-hydrogen) atoms. The van der Waals surface area contributed by atoms with Gasteiger partial charge in [0.1, 0.15) is 10.3 Å². The third kappa shape index (κ3) is 4.10. The first-order valence-corrected chi connectivity index (χ1v) is 12.9. The molecule has 1 unspecified atom stereocenters. The summed E-state index contributed by atoms with van der Waals surface area (Å²) in [5, 5.41) is 1.71. The van der Waals surface area contributed by atoms with Crippen molar-refractivity contribution in [2.45, 2.75) is 43.0 Å². The van der Waals surface area contributed by atoms with Gasteiger partial charge in [-0.2, -0.15) is 0 Å². The fourth-order valence-corrected chi connectivity index (χ4v) is 6.57. The predicted molar refractivity (Wildman–Crippen MR) is 120 cm³/mol. The summed E-state index contributed by atoms with van der Waals surface area (Å²) in [5.74, 6) is -1.44. The second-order valence-electron chi connectivity index (χ2n) is 8.37. The summed E-state index contributed by atoms with van der Waals surface area (Å²) in [5.41, 5.74) is 0.635. The van der Waals surface area contributed by atoms with Crippen molar-refractivity contribution < 1.29 is 22.8 Å². The third-order valence-corrected chi connectivity index (χ3v) is 8.79. The molecule has 4 rings (SSSR count). The number of amides is 3. The highest BCUT2D eigenvalue weighted by Gasteiger charge is 2.45. The van der Waals surface area contributed by atoms with Gasteiger partial charge in [-0.3, -0.25) is 19.3 Å². The summed E-state index contributed by atoms with van der Waals surface area (Å²) in [6, 6.07) is 8.66. The monoisotopic (exact) mass is 475 g/mol. The summed E-state index contributed by atoms with van der Waals surface area (Å²) in [6.45, 7) is 4.33. The number of fused-ring (bicyclic) bond motifs is 1. The number of nitrogens with one attached hydrogen (secondary N) is 1. The largest absolute Gasteiger partial charge is 0.341 e. The Bertz CT molecular complexity index is 1100. The zero-order valence-corrected chi connectivity index (χ0v) is 19.5. The van der Waals surface area contributed by atoms with Crippen LogP contribution in [0.1, 0.15) is 47.4 Å². The number of nitrogens with zero attached hydrogens (tertiary/aromatic N) is 2. The molecule has 170 valence electrons. The van der Waals surface area contributed by atoms with Gasteiger partial charge < -0.3 is 4.90 Å². The van der Waals surface area contributed by atoms with Crippen molar-refractivity contribution in [1.82, 2.24) is 14.5 Å². The molecule has 1 atom stereocenters. The number of sulfonamides is 1. The van der Waals surface area contributed by atoms with Crippen molar-refractivity contribution in [2.24, 2.45) is 5.92 Å². The normalized spacial score (nSPS) is 18.3. The lowest BCUT2D eigenvalue weighted by atomic mass is 9.98. The molecule has 1 aromatic heterocycles. The zero-order valence-electron chi connectivity index (χ0n) is 17.9. The minimum absolute atomic E-state index is 0.264. The molecule has 10 heteroatoms. The van der Waals surface area contributed by atoms with E-state index in [4.69, 9.17) is 0 Å². The van der Waals surface area contributed by atoms with Gasteiger partial charge in [0.05, 0.1) is 11.1 Å². The van der Waals surface area contributed by atoms with Gasteiger partial charge in [0.25, 0.3) is 11.8 Å². The molecule has 0 radical (unpaired) electrons. The van der Waals surface area contributed by atoms with Crippen LogP contribution in [0.15, 0.2) is 46.0 Å². The van der Waals surface area contributed by atoms with Gasteiger partial charge >= 0.3 is 0 Å². The second-order valence-corrected chi connectivity index (χ2v) is 11.3. The van der Waals surface area contributed by atoms with Crippen molar-refractivity contribution in [2.75, 3.05) is 13.1 Å². The quantitative estimate of drug-likeness (QED) is 0.646. The Morgan fingerprint density at radius 2 is 1.62 bits per heavy atom. The van der Waals surface area contributed by atoms with Crippen molar-refractivity contribution in [3.8, 4) is 0 Å². The highest BCUT2D eigenvalue weighted by atomic mass is 32.2. The van der Waals surface area contributed by atoms with Gasteiger partial charge in [-0.1, -0.05) is 32.0 Å². The summed E-state index contributed by atoms with van der Waals surface area (Å²) < 4.78 is 27.9. The second kappa shape index (κ2) is 8.76. The van der Waals surface area contributed by atoms with Gasteiger partial charge in [0, 0.05) is 19.1 Å². The first-order valence-electron chi connectivity index (χ1n) is 10.5. The standard InChI is InChI=1S/C22H25N3O5S2/c1-14(2)19(25-20(26)16-6-3-4-7-17(16)21(25)27)22(28)24-11-9-15(10-12-24)23-32(29,30)18-8-5-13-31-18/h3-8,13-15,19,23H,9-12H2,1-2H3. The molecule has 3 heterocycles. The lowest BCUT2D eigenvalue weighted by Crippen LogP contribution is -2.56. The lowest BCUT2D eigenvalue weighted by Gasteiger charge is -2.37. The number of thiophene rings is 1. The van der Waals surface area contributed by atoms with Crippen LogP contribution in [0.3, 0.4) is 0 Å². The Hall–Kier alpha value is -2.56. The summed E-state index contributed by atoms with van der Waals surface area (Å²) in [7, 11) is -3.57. The van der Waals surface area contributed by atoms with E-state index in [0.717, 1.165) is 16.2 Å². The minimum atomic E-state index is -3.57. The molecule has 2 aliphatic heterocycles. The van der Waals surface area contributed by atoms with E-state index in [1.165, 1.54) is 0 Å². The summed E-state index contributed by atoms with van der Waals surface area (Å²) >= 11 is 1.16. The maximum atomic E-state index is 13.4. The van der Waals surface area contributed by atoms with Crippen LogP contribution >= 0.6 is 11.3 Å². The number of carbonyl (C=O) groups is 3. The van der Waals surface area contributed by atoms with Gasteiger partial charge in [0.2, 0.25) is 15.9 Å². The van der Waals surface area contributed by atoms with Gasteiger partial charge in [-0.05, 0) is 42.3 Å². The molecule has 0 saturated carbocycles. The van der Waals surface area contributed by atoms with Crippen LogP contribution < -0.4 is 4.72 Å². The number of piperidine rings is 1. The van der Waals surface area contributed by atoms with Crippen molar-refractivity contribution in [3.63, 3.8) is 0 Å². The smallest absolute Gasteiger partial charge is 0.262 e. The zero-order chi connectivity index (χ0) is 23.0. The molecular formula is C22H25N3O5S2. The predicted octanol–water partition coefficient (Wildman–Crippen LogP) is 2.34. The summed E-state index contributed by atoms with van der Waals surface area (Å²) in [4.78, 5) is 41.9. The summed E-state index contributed by atoms with van der Waals surface area (Å²) in [6.07, 6.45) is 0.923. The maximum Gasteiger partial charge on any atom is 0.262 e. The van der Waals surface area contributed by atoms with Gasteiger partial charge in [-0.25, -0.2) is 13.1 Å². The average molecular weight is 476 g/mol. The van der Waals surface area contributed by atoms with E-state index in [0.29, 0.717) is 37.1 Å². The Kier molecular flexibility index (Phi) is 6.19. The van der Waals surface area contributed by atoms with E-state index in [-0.39, 0.29) is 22.1 Å². The van der Waals surface area contributed by atoms with Crippen LogP contribution in [0.25, 0.3) is 0 Å². The third-order valence-electron chi connectivity index (χ3n) is 5.88. The van der Waals surface area contributed by atoms with Crippen molar-refractivity contribution in [1.29, 1.82) is 0 Å². The molecule has 3 amide bonds. The number of hydrogen-bond donors (Lipinski definition) is 1. The molecule has 0 bridgehead atoms. The average Bonchev–Trinajstić information content (AvgIpc) is 3.39. The molecule has 1 N–H and O–H groups in total. The van der Waals surface area contributed by atoms with Crippen LogP contribution in [0, 0.1) is 5.92 Å². The SMILES string of the molecule is CC(C)C(C(=O)N1CCC(NS(=O)(=O)c2cccs2)CC1)N1C(=O)c2ccccc2C1=O.